The smallest absolute Gasteiger partial charge is 0.191 e. The average molecular weight is 444 g/mol. The average Bonchev–Trinajstić information content (AvgIpc) is 3.20. The molecule has 0 radical (unpaired) electrons. The van der Waals surface area contributed by atoms with Gasteiger partial charge in [0, 0.05) is 43.7 Å². The van der Waals surface area contributed by atoms with Crippen molar-refractivity contribution in [2.75, 3.05) is 54.2 Å². The third-order valence-corrected chi connectivity index (χ3v) is 5.10. The summed E-state index contributed by atoms with van der Waals surface area (Å²) in [4.78, 5) is 4.26. The maximum Gasteiger partial charge on any atom is 0.191 e. The predicted octanol–water partition coefficient (Wildman–Crippen LogP) is 2.57. The summed E-state index contributed by atoms with van der Waals surface area (Å²) in [6.07, 6.45) is 2.04. The van der Waals surface area contributed by atoms with Crippen LogP contribution < -0.4 is 20.1 Å². The summed E-state index contributed by atoms with van der Waals surface area (Å²) in [6.45, 7) is 4.64. The van der Waals surface area contributed by atoms with E-state index >= 15 is 0 Å². The molecule has 1 aliphatic rings. The highest BCUT2D eigenvalue weighted by Gasteiger charge is 2.15. The van der Waals surface area contributed by atoms with E-state index in [9.17, 15) is 0 Å². The van der Waals surface area contributed by atoms with Crippen LogP contribution in [0.5, 0.6) is 11.5 Å². The van der Waals surface area contributed by atoms with Gasteiger partial charge in [0.15, 0.2) is 17.5 Å². The Morgan fingerprint density at radius 1 is 1.26 bits per heavy atom. The molecule has 0 spiro atoms. The fourth-order valence-electron chi connectivity index (χ4n) is 2.78. The Balaban J connectivity index is 1.69. The maximum absolute atomic E-state index is 5.71. The molecule has 0 amide bonds. The van der Waals surface area contributed by atoms with Gasteiger partial charge in [-0.2, -0.15) is 0 Å². The summed E-state index contributed by atoms with van der Waals surface area (Å²) in [6, 6.07) is 3.85. The van der Waals surface area contributed by atoms with Crippen molar-refractivity contribution in [2.45, 2.75) is 19.4 Å². The van der Waals surface area contributed by atoms with E-state index in [0.29, 0.717) is 24.0 Å². The lowest BCUT2D eigenvalue weighted by molar-refractivity contribution is 0.0888. The predicted molar refractivity (Wildman–Crippen MR) is 110 cm³/mol. The van der Waals surface area contributed by atoms with Gasteiger partial charge in [-0.3, -0.25) is 4.99 Å². The van der Waals surface area contributed by atoms with Crippen molar-refractivity contribution in [1.29, 1.82) is 0 Å². The summed E-state index contributed by atoms with van der Waals surface area (Å²) in [7, 11) is 5.01. The second kappa shape index (κ2) is 12.0. The van der Waals surface area contributed by atoms with Gasteiger partial charge in [-0.15, -0.1) is 0 Å². The molecule has 1 aromatic rings. The first-order chi connectivity index (χ1) is 13.2. The molecule has 1 atom stereocenters. The molecule has 0 bridgehead atoms. The third-order valence-electron chi connectivity index (χ3n) is 4.36. The van der Waals surface area contributed by atoms with Crippen LogP contribution >= 0.6 is 15.9 Å². The minimum Gasteiger partial charge on any atom is -0.493 e. The third kappa shape index (κ3) is 7.20. The molecule has 8 heteroatoms. The van der Waals surface area contributed by atoms with E-state index < -0.39 is 0 Å². The monoisotopic (exact) mass is 443 g/mol. The molecule has 1 saturated heterocycles. The summed E-state index contributed by atoms with van der Waals surface area (Å²) in [5.41, 5.74) is 1.05. The zero-order valence-corrected chi connectivity index (χ0v) is 17.9. The van der Waals surface area contributed by atoms with Crippen molar-refractivity contribution in [1.82, 2.24) is 10.6 Å². The van der Waals surface area contributed by atoms with E-state index in [4.69, 9.17) is 18.9 Å². The minimum absolute atomic E-state index is 0.562. The van der Waals surface area contributed by atoms with Gasteiger partial charge in [-0.1, -0.05) is 15.9 Å². The molecule has 0 aromatic heterocycles. The molecule has 2 N–H and O–H groups in total. The topological polar surface area (TPSA) is 73.3 Å². The summed E-state index contributed by atoms with van der Waals surface area (Å²) >= 11 is 3.57. The molecule has 1 fully saturated rings. The van der Waals surface area contributed by atoms with Gasteiger partial charge in [0.2, 0.25) is 0 Å². The van der Waals surface area contributed by atoms with Gasteiger partial charge < -0.3 is 29.6 Å². The number of hydrogen-bond donors (Lipinski definition) is 2. The first kappa shape index (κ1) is 21.8. The molecular weight excluding hydrogens is 414 g/mol. The second-order valence-electron chi connectivity index (χ2n) is 6.31. The number of guanidine groups is 1. The molecular formula is C19H30BrN3O4. The summed E-state index contributed by atoms with van der Waals surface area (Å²) in [5, 5.41) is 6.61. The van der Waals surface area contributed by atoms with Crippen molar-refractivity contribution < 1.29 is 18.9 Å². The highest BCUT2D eigenvalue weighted by molar-refractivity contribution is 9.10. The van der Waals surface area contributed by atoms with E-state index in [1.54, 1.807) is 21.3 Å². The molecule has 7 nitrogen and oxygen atoms in total. The van der Waals surface area contributed by atoms with Gasteiger partial charge >= 0.3 is 0 Å². The Morgan fingerprint density at radius 3 is 2.70 bits per heavy atom. The van der Waals surface area contributed by atoms with Crippen LogP contribution in [-0.2, 0) is 16.0 Å². The molecule has 1 unspecified atom stereocenters. The van der Waals surface area contributed by atoms with E-state index in [0.717, 1.165) is 61.8 Å². The van der Waals surface area contributed by atoms with Crippen LogP contribution in [0, 0.1) is 5.92 Å². The van der Waals surface area contributed by atoms with Gasteiger partial charge in [0.25, 0.3) is 0 Å². The van der Waals surface area contributed by atoms with Crippen LogP contribution in [0.1, 0.15) is 18.4 Å². The zero-order chi connectivity index (χ0) is 19.5. The first-order valence-electron chi connectivity index (χ1n) is 9.18. The Kier molecular flexibility index (Phi) is 9.72. The molecule has 2 rings (SSSR count). The normalized spacial score (nSPS) is 17.0. The van der Waals surface area contributed by atoms with Crippen LogP contribution in [0.2, 0.25) is 0 Å². The number of ether oxygens (including phenoxy) is 4. The zero-order valence-electron chi connectivity index (χ0n) is 16.3. The van der Waals surface area contributed by atoms with E-state index in [2.05, 4.69) is 31.6 Å². The van der Waals surface area contributed by atoms with E-state index in [-0.39, 0.29) is 0 Å². The molecule has 0 aliphatic carbocycles. The highest BCUT2D eigenvalue weighted by Crippen LogP contribution is 2.33. The largest absolute Gasteiger partial charge is 0.493 e. The van der Waals surface area contributed by atoms with Crippen LogP contribution in [-0.4, -0.2) is 60.2 Å². The van der Waals surface area contributed by atoms with E-state index in [1.165, 1.54) is 0 Å². The molecule has 152 valence electrons. The van der Waals surface area contributed by atoms with Crippen molar-refractivity contribution in [3.05, 3.63) is 22.2 Å². The minimum atomic E-state index is 0.562. The second-order valence-corrected chi connectivity index (χ2v) is 7.16. The van der Waals surface area contributed by atoms with Gasteiger partial charge in [0.05, 0.1) is 27.4 Å². The van der Waals surface area contributed by atoms with Crippen LogP contribution in [0.25, 0.3) is 0 Å². The van der Waals surface area contributed by atoms with E-state index in [1.807, 2.05) is 12.1 Å². The van der Waals surface area contributed by atoms with Crippen LogP contribution in [0.3, 0.4) is 0 Å². The Morgan fingerprint density at radius 2 is 2.04 bits per heavy atom. The number of nitrogens with zero attached hydrogens (tertiary/aromatic N) is 1. The van der Waals surface area contributed by atoms with Crippen molar-refractivity contribution in [2.24, 2.45) is 10.9 Å². The number of benzene rings is 1. The van der Waals surface area contributed by atoms with Gasteiger partial charge in [-0.05, 0) is 30.5 Å². The number of hydrogen-bond acceptors (Lipinski definition) is 5. The van der Waals surface area contributed by atoms with Crippen LogP contribution in [0.15, 0.2) is 21.6 Å². The lowest BCUT2D eigenvalue weighted by atomic mass is 10.1. The molecule has 27 heavy (non-hydrogen) atoms. The van der Waals surface area contributed by atoms with Crippen LogP contribution in [0.4, 0.5) is 0 Å². The van der Waals surface area contributed by atoms with Crippen molar-refractivity contribution >= 4 is 21.9 Å². The van der Waals surface area contributed by atoms with Crippen molar-refractivity contribution in [3.8, 4) is 11.5 Å². The number of aliphatic imine (C=N–C) groups is 1. The first-order valence-corrected chi connectivity index (χ1v) is 9.97. The fraction of sp³-hybridized carbons (Fsp3) is 0.632. The quantitative estimate of drug-likeness (QED) is 0.328. The van der Waals surface area contributed by atoms with Gasteiger partial charge in [-0.25, -0.2) is 0 Å². The fourth-order valence-corrected chi connectivity index (χ4v) is 3.24. The SMILES string of the molecule is CN=C(NCCCOCC1CCOC1)NCc1cc(OC)c(OC)cc1Br. The number of nitrogens with one attached hydrogen (secondary N) is 2. The number of rotatable bonds is 10. The standard InChI is InChI=1S/C19H30BrN3O4/c1-21-19(22-6-4-7-26-12-14-5-8-27-13-14)23-11-15-9-17(24-2)18(25-3)10-16(15)20/h9-10,14H,4-8,11-13H2,1-3H3,(H2,21,22,23). The lowest BCUT2D eigenvalue weighted by Crippen LogP contribution is -2.37. The van der Waals surface area contributed by atoms with Gasteiger partial charge in [0.1, 0.15) is 0 Å². The summed E-state index contributed by atoms with van der Waals surface area (Å²) < 4.78 is 22.7. The Labute approximate surface area is 169 Å². The Hall–Kier alpha value is -1.51. The number of methoxy groups -OCH3 is 2. The lowest BCUT2D eigenvalue weighted by Gasteiger charge is -2.15. The highest BCUT2D eigenvalue weighted by atomic mass is 79.9. The number of halogens is 1. The molecule has 0 saturated carbocycles. The Bertz CT molecular complexity index is 607. The summed E-state index contributed by atoms with van der Waals surface area (Å²) in [5.74, 6) is 2.71. The maximum atomic E-state index is 5.71. The molecule has 1 heterocycles. The molecule has 1 aromatic carbocycles. The van der Waals surface area contributed by atoms with Crippen molar-refractivity contribution in [3.63, 3.8) is 0 Å². The molecule has 1 aliphatic heterocycles.